The highest BCUT2D eigenvalue weighted by Crippen LogP contribution is 2.32. The second-order valence-electron chi connectivity index (χ2n) is 2.86. The molecule has 0 saturated heterocycles. The maximum atomic E-state index is 4.31. The maximum Gasteiger partial charge on any atom is 0.0787 e. The highest BCUT2D eigenvalue weighted by molar-refractivity contribution is 8.03. The van der Waals surface area contributed by atoms with Crippen LogP contribution in [0.5, 0.6) is 0 Å². The summed E-state index contributed by atoms with van der Waals surface area (Å²) in [5, 5.41) is 0. The third kappa shape index (κ3) is 1.89. The van der Waals surface area contributed by atoms with E-state index in [9.17, 15) is 0 Å². The molecular formula is C10H13NS. The van der Waals surface area contributed by atoms with E-state index >= 15 is 0 Å². The highest BCUT2D eigenvalue weighted by Gasteiger charge is 2.10. The molecule has 0 N–H and O–H groups in total. The number of thioether (sulfide) groups is 1. The Hall–Kier alpha value is -0.760. The Bertz CT molecular complexity index is 284. The lowest BCUT2D eigenvalue weighted by Crippen LogP contribution is -1.97. The van der Waals surface area contributed by atoms with E-state index in [1.807, 2.05) is 20.1 Å². The number of nitrogens with zero attached hydrogens (tertiary/aromatic N) is 1. The highest BCUT2D eigenvalue weighted by atomic mass is 32.2. The summed E-state index contributed by atoms with van der Waals surface area (Å²) >= 11 is 1.78. The molecule has 0 saturated carbocycles. The fraction of sp³-hybridized carbons (Fsp3) is 0.300. The third-order valence-electron chi connectivity index (χ3n) is 1.53. The average Bonchev–Trinajstić information content (AvgIpc) is 2.04. The summed E-state index contributed by atoms with van der Waals surface area (Å²) in [5.41, 5.74) is 3.09. The van der Waals surface area contributed by atoms with Crippen LogP contribution in [0, 0.1) is 0 Å². The van der Waals surface area contributed by atoms with E-state index in [2.05, 4.69) is 18.2 Å². The molecule has 0 unspecified atom stereocenters. The number of hydrogen-bond acceptors (Lipinski definition) is 2. The van der Waals surface area contributed by atoms with E-state index in [0.29, 0.717) is 0 Å². The van der Waals surface area contributed by atoms with Gasteiger partial charge in [-0.15, -0.1) is 11.8 Å². The topological polar surface area (TPSA) is 12.4 Å². The van der Waals surface area contributed by atoms with Gasteiger partial charge in [-0.3, -0.25) is 4.99 Å². The summed E-state index contributed by atoms with van der Waals surface area (Å²) in [6.07, 6.45) is 1.92. The van der Waals surface area contributed by atoms with Crippen LogP contribution in [0.2, 0.25) is 0 Å². The predicted molar refractivity (Wildman–Crippen MR) is 57.6 cm³/mol. The van der Waals surface area contributed by atoms with Gasteiger partial charge in [0.15, 0.2) is 0 Å². The molecular weight excluding hydrogens is 166 g/mol. The van der Waals surface area contributed by atoms with Gasteiger partial charge in [0.25, 0.3) is 0 Å². The molecule has 0 bridgehead atoms. The summed E-state index contributed by atoms with van der Waals surface area (Å²) in [7, 11) is 0. The number of allylic oxidation sites excluding steroid dienone is 2. The lowest BCUT2D eigenvalue weighted by atomic mass is 10.2. The van der Waals surface area contributed by atoms with Crippen molar-refractivity contribution in [2.45, 2.75) is 13.8 Å². The molecule has 1 nitrogen and oxygen atoms in total. The van der Waals surface area contributed by atoms with Gasteiger partial charge in [-0.1, -0.05) is 13.2 Å². The van der Waals surface area contributed by atoms with Crippen molar-refractivity contribution in [3.63, 3.8) is 0 Å². The van der Waals surface area contributed by atoms with Crippen molar-refractivity contribution in [2.24, 2.45) is 4.99 Å². The van der Waals surface area contributed by atoms with Gasteiger partial charge in [0, 0.05) is 16.9 Å². The quantitative estimate of drug-likeness (QED) is 0.634. The van der Waals surface area contributed by atoms with Gasteiger partial charge in [0.1, 0.15) is 0 Å². The monoisotopic (exact) mass is 179 g/mol. The minimum atomic E-state index is 0.943. The number of rotatable bonds is 2. The largest absolute Gasteiger partial charge is 0.259 e. The van der Waals surface area contributed by atoms with E-state index in [4.69, 9.17) is 0 Å². The fourth-order valence-electron chi connectivity index (χ4n) is 1.01. The van der Waals surface area contributed by atoms with Gasteiger partial charge in [-0.25, -0.2) is 0 Å². The minimum Gasteiger partial charge on any atom is -0.259 e. The van der Waals surface area contributed by atoms with Crippen molar-refractivity contribution < 1.29 is 0 Å². The van der Waals surface area contributed by atoms with Crippen molar-refractivity contribution in [2.75, 3.05) is 5.75 Å². The Morgan fingerprint density at radius 3 is 2.50 bits per heavy atom. The zero-order chi connectivity index (χ0) is 9.14. The van der Waals surface area contributed by atoms with Gasteiger partial charge < -0.3 is 0 Å². The van der Waals surface area contributed by atoms with Gasteiger partial charge in [-0.05, 0) is 25.0 Å². The van der Waals surface area contributed by atoms with E-state index in [0.717, 1.165) is 22.6 Å². The van der Waals surface area contributed by atoms with Crippen molar-refractivity contribution in [3.05, 3.63) is 34.9 Å². The maximum absolute atomic E-state index is 4.31. The van der Waals surface area contributed by atoms with Crippen molar-refractivity contribution >= 4 is 18.0 Å². The Balaban J connectivity index is 3.08. The van der Waals surface area contributed by atoms with Crippen LogP contribution in [-0.2, 0) is 0 Å². The average molecular weight is 179 g/mol. The molecule has 2 heteroatoms. The molecule has 0 aromatic heterocycles. The molecule has 0 atom stereocenters. The van der Waals surface area contributed by atoms with E-state index in [-0.39, 0.29) is 0 Å². The molecule has 12 heavy (non-hydrogen) atoms. The smallest absolute Gasteiger partial charge is 0.0787 e. The van der Waals surface area contributed by atoms with Gasteiger partial charge in [0.2, 0.25) is 0 Å². The van der Waals surface area contributed by atoms with Crippen LogP contribution < -0.4 is 0 Å². The molecule has 0 amide bonds. The van der Waals surface area contributed by atoms with Crippen LogP contribution in [0.4, 0.5) is 0 Å². The molecule has 0 aromatic carbocycles. The predicted octanol–water partition coefficient (Wildman–Crippen LogP) is 3.17. The molecule has 0 radical (unpaired) electrons. The number of hydrogen-bond donors (Lipinski definition) is 0. The summed E-state index contributed by atoms with van der Waals surface area (Å²) in [4.78, 5) is 5.49. The first-order valence-corrected chi connectivity index (χ1v) is 4.83. The summed E-state index contributed by atoms with van der Waals surface area (Å²) in [6.45, 7) is 11.8. The first-order chi connectivity index (χ1) is 5.63. The second-order valence-corrected chi connectivity index (χ2v) is 3.89. The lowest BCUT2D eigenvalue weighted by Gasteiger charge is -2.14. The molecule has 0 fully saturated rings. The van der Waals surface area contributed by atoms with Gasteiger partial charge in [0.05, 0.1) is 5.70 Å². The first-order valence-electron chi connectivity index (χ1n) is 3.84. The van der Waals surface area contributed by atoms with E-state index < -0.39 is 0 Å². The Kier molecular flexibility index (Phi) is 2.93. The zero-order valence-corrected chi connectivity index (χ0v) is 8.37. The van der Waals surface area contributed by atoms with Crippen LogP contribution in [-0.4, -0.2) is 12.0 Å². The third-order valence-corrected chi connectivity index (χ3v) is 2.68. The summed E-state index contributed by atoms with van der Waals surface area (Å²) in [6, 6.07) is 0. The first kappa shape index (κ1) is 9.33. The summed E-state index contributed by atoms with van der Waals surface area (Å²) < 4.78 is 0. The normalized spacial score (nSPS) is 16.5. The van der Waals surface area contributed by atoms with E-state index in [1.54, 1.807) is 11.8 Å². The molecule has 1 aliphatic rings. The summed E-state index contributed by atoms with van der Waals surface area (Å²) in [5.74, 6) is 0.943. The van der Waals surface area contributed by atoms with Crippen molar-refractivity contribution in [1.29, 1.82) is 0 Å². The molecule has 0 aliphatic carbocycles. The van der Waals surface area contributed by atoms with Crippen LogP contribution in [0.1, 0.15) is 13.8 Å². The van der Waals surface area contributed by atoms with Crippen molar-refractivity contribution in [3.8, 4) is 0 Å². The van der Waals surface area contributed by atoms with Gasteiger partial charge >= 0.3 is 0 Å². The lowest BCUT2D eigenvalue weighted by molar-refractivity contribution is 1.26. The van der Waals surface area contributed by atoms with Crippen LogP contribution in [0.3, 0.4) is 0 Å². The Morgan fingerprint density at radius 1 is 1.42 bits per heavy atom. The molecule has 1 aliphatic heterocycles. The zero-order valence-electron chi connectivity index (χ0n) is 7.55. The molecule has 0 spiro atoms. The van der Waals surface area contributed by atoms with Crippen LogP contribution in [0.25, 0.3) is 0 Å². The molecule has 0 aromatic rings. The van der Waals surface area contributed by atoms with Gasteiger partial charge in [-0.2, -0.15) is 0 Å². The second kappa shape index (κ2) is 3.76. The van der Waals surface area contributed by atoms with Crippen molar-refractivity contribution in [1.82, 2.24) is 0 Å². The molecule has 1 heterocycles. The van der Waals surface area contributed by atoms with E-state index in [1.165, 1.54) is 4.91 Å². The molecule has 1 rings (SSSR count). The number of aliphatic imine (C=N–C) groups is 1. The SMILES string of the molecule is C=C(C)C1=C(C(=C)C)SCC=N1. The molecule has 64 valence electrons. The minimum absolute atomic E-state index is 0.943. The fourth-order valence-corrected chi connectivity index (χ4v) is 1.93. The Morgan fingerprint density at radius 2 is 2.08 bits per heavy atom. The van der Waals surface area contributed by atoms with Crippen LogP contribution in [0.15, 0.2) is 39.9 Å². The standard InChI is InChI=1S/C10H13NS/c1-7(2)9-10(8(3)4)12-6-5-11-9/h5H,1,3,6H2,2,4H3. The van der Waals surface area contributed by atoms with Crippen LogP contribution >= 0.6 is 11.8 Å². The Labute approximate surface area is 78.0 Å².